The fourth-order valence-corrected chi connectivity index (χ4v) is 3.74. The largest absolute Gasteiger partial charge is 0.381 e. The van der Waals surface area contributed by atoms with Crippen molar-refractivity contribution in [1.82, 2.24) is 9.55 Å². The lowest BCUT2D eigenvalue weighted by Crippen LogP contribution is -2.31. The van der Waals surface area contributed by atoms with Gasteiger partial charge in [-0.15, -0.1) is 0 Å². The molecule has 1 aliphatic heterocycles. The van der Waals surface area contributed by atoms with E-state index in [1.807, 2.05) is 54.0 Å². The summed E-state index contributed by atoms with van der Waals surface area (Å²) in [7, 11) is 0. The summed E-state index contributed by atoms with van der Waals surface area (Å²) in [4.78, 5) is 18.0. The van der Waals surface area contributed by atoms with Gasteiger partial charge in [-0.25, -0.2) is 4.98 Å². The topological polar surface area (TPSA) is 44.1 Å². The lowest BCUT2D eigenvalue weighted by Gasteiger charge is -2.27. The molecule has 5 heteroatoms. The first kappa shape index (κ1) is 16.3. The second-order valence-electron chi connectivity index (χ2n) is 6.45. The second kappa shape index (κ2) is 6.62. The average Bonchev–Trinajstić information content (AvgIpc) is 2.62. The van der Waals surface area contributed by atoms with E-state index in [0.29, 0.717) is 35.0 Å². The maximum absolute atomic E-state index is 13.2. The molecule has 0 spiro atoms. The van der Waals surface area contributed by atoms with Gasteiger partial charge in [-0.05, 0) is 49.6 Å². The Labute approximate surface area is 151 Å². The molecule has 2 heterocycles. The second-order valence-corrected chi connectivity index (χ2v) is 6.86. The molecule has 1 aliphatic rings. The van der Waals surface area contributed by atoms with Crippen molar-refractivity contribution in [2.45, 2.75) is 25.8 Å². The smallest absolute Gasteiger partial charge is 0.261 e. The van der Waals surface area contributed by atoms with E-state index in [-0.39, 0.29) is 11.6 Å². The van der Waals surface area contributed by atoms with E-state index >= 15 is 0 Å². The maximum atomic E-state index is 13.2. The SMILES string of the molecule is Cc1ccc(-c2nc3ccccc3c(=O)n2C2CCOCC2)c(Cl)c1. The highest BCUT2D eigenvalue weighted by atomic mass is 35.5. The summed E-state index contributed by atoms with van der Waals surface area (Å²) < 4.78 is 7.29. The van der Waals surface area contributed by atoms with Crippen molar-refractivity contribution in [2.24, 2.45) is 0 Å². The highest BCUT2D eigenvalue weighted by Gasteiger charge is 2.23. The van der Waals surface area contributed by atoms with Gasteiger partial charge in [-0.2, -0.15) is 0 Å². The van der Waals surface area contributed by atoms with Crippen LogP contribution in [0, 0.1) is 6.92 Å². The van der Waals surface area contributed by atoms with Crippen molar-refractivity contribution in [2.75, 3.05) is 13.2 Å². The van der Waals surface area contributed by atoms with Crippen LogP contribution in [0.1, 0.15) is 24.4 Å². The first-order valence-electron chi connectivity index (χ1n) is 8.50. The molecule has 4 rings (SSSR count). The van der Waals surface area contributed by atoms with Gasteiger partial charge >= 0.3 is 0 Å². The molecule has 0 N–H and O–H groups in total. The number of hydrogen-bond donors (Lipinski definition) is 0. The van der Waals surface area contributed by atoms with Crippen LogP contribution in [0.4, 0.5) is 0 Å². The standard InChI is InChI=1S/C20H19ClN2O2/c1-13-6-7-15(17(21)12-13)19-22-18-5-3-2-4-16(18)20(24)23(19)14-8-10-25-11-9-14/h2-7,12,14H,8-11H2,1H3. The number of rotatable bonds is 2. The summed E-state index contributed by atoms with van der Waals surface area (Å²) in [6.45, 7) is 3.31. The Hall–Kier alpha value is -2.17. The minimum atomic E-state index is -0.0101. The number of para-hydroxylation sites is 1. The van der Waals surface area contributed by atoms with E-state index in [1.54, 1.807) is 0 Å². The van der Waals surface area contributed by atoms with Gasteiger partial charge in [0, 0.05) is 24.8 Å². The molecule has 3 aromatic rings. The molecule has 0 amide bonds. The van der Waals surface area contributed by atoms with Crippen LogP contribution in [0.2, 0.25) is 5.02 Å². The zero-order valence-corrected chi connectivity index (χ0v) is 14.8. The average molecular weight is 355 g/mol. The van der Waals surface area contributed by atoms with Crippen molar-refractivity contribution >= 4 is 22.5 Å². The quantitative estimate of drug-likeness (QED) is 0.686. The number of halogens is 1. The number of aryl methyl sites for hydroxylation is 1. The molecular formula is C20H19ClN2O2. The van der Waals surface area contributed by atoms with Crippen LogP contribution in [0.25, 0.3) is 22.3 Å². The van der Waals surface area contributed by atoms with Crippen LogP contribution in [-0.2, 0) is 4.74 Å². The highest BCUT2D eigenvalue weighted by molar-refractivity contribution is 6.33. The number of benzene rings is 2. The summed E-state index contributed by atoms with van der Waals surface area (Å²) >= 11 is 6.50. The van der Waals surface area contributed by atoms with Crippen LogP contribution in [0.3, 0.4) is 0 Å². The van der Waals surface area contributed by atoms with Gasteiger partial charge < -0.3 is 4.74 Å². The fourth-order valence-electron chi connectivity index (χ4n) is 3.42. The number of ether oxygens (including phenoxy) is 1. The molecule has 1 saturated heterocycles. The molecule has 1 aromatic heterocycles. The molecule has 128 valence electrons. The molecule has 0 bridgehead atoms. The zero-order valence-electron chi connectivity index (χ0n) is 14.0. The van der Waals surface area contributed by atoms with Crippen molar-refractivity contribution in [3.8, 4) is 11.4 Å². The Morgan fingerprint density at radius 3 is 2.68 bits per heavy atom. The van der Waals surface area contributed by atoms with E-state index in [0.717, 1.165) is 24.0 Å². The maximum Gasteiger partial charge on any atom is 0.261 e. The first-order valence-corrected chi connectivity index (χ1v) is 8.88. The predicted octanol–water partition coefficient (Wildman–Crippen LogP) is 4.38. The number of nitrogens with zero attached hydrogens (tertiary/aromatic N) is 2. The van der Waals surface area contributed by atoms with Crippen LogP contribution in [-0.4, -0.2) is 22.8 Å². The van der Waals surface area contributed by atoms with Gasteiger partial charge in [0.25, 0.3) is 5.56 Å². The van der Waals surface area contributed by atoms with Gasteiger partial charge in [-0.1, -0.05) is 29.8 Å². The van der Waals surface area contributed by atoms with E-state index in [1.165, 1.54) is 0 Å². The molecule has 0 aliphatic carbocycles. The zero-order chi connectivity index (χ0) is 17.4. The number of hydrogen-bond acceptors (Lipinski definition) is 3. The molecule has 0 saturated carbocycles. The number of fused-ring (bicyclic) bond motifs is 1. The third-order valence-corrected chi connectivity index (χ3v) is 5.04. The van der Waals surface area contributed by atoms with Gasteiger partial charge in [0.05, 0.1) is 15.9 Å². The molecule has 0 unspecified atom stereocenters. The molecule has 25 heavy (non-hydrogen) atoms. The van der Waals surface area contributed by atoms with Crippen molar-refractivity contribution in [3.63, 3.8) is 0 Å². The monoisotopic (exact) mass is 354 g/mol. The fraction of sp³-hybridized carbons (Fsp3) is 0.300. The Morgan fingerprint density at radius 2 is 1.92 bits per heavy atom. The summed E-state index contributed by atoms with van der Waals surface area (Å²) in [6.07, 6.45) is 1.60. The summed E-state index contributed by atoms with van der Waals surface area (Å²) in [6, 6.07) is 13.4. The van der Waals surface area contributed by atoms with Gasteiger partial charge in [0.1, 0.15) is 5.82 Å². The summed E-state index contributed by atoms with van der Waals surface area (Å²) in [5.74, 6) is 0.639. The molecular weight excluding hydrogens is 336 g/mol. The van der Waals surface area contributed by atoms with Crippen LogP contribution < -0.4 is 5.56 Å². The van der Waals surface area contributed by atoms with E-state index in [9.17, 15) is 4.79 Å². The van der Waals surface area contributed by atoms with E-state index in [2.05, 4.69) is 0 Å². The van der Waals surface area contributed by atoms with Crippen molar-refractivity contribution in [1.29, 1.82) is 0 Å². The molecule has 0 atom stereocenters. The Bertz CT molecular complexity index is 991. The summed E-state index contributed by atoms with van der Waals surface area (Å²) in [5, 5.41) is 1.25. The molecule has 2 aromatic carbocycles. The molecule has 4 nitrogen and oxygen atoms in total. The lowest BCUT2D eigenvalue weighted by molar-refractivity contribution is 0.0690. The van der Waals surface area contributed by atoms with Gasteiger partial charge in [-0.3, -0.25) is 9.36 Å². The van der Waals surface area contributed by atoms with Crippen molar-refractivity contribution < 1.29 is 4.74 Å². The Morgan fingerprint density at radius 1 is 1.16 bits per heavy atom. The minimum Gasteiger partial charge on any atom is -0.381 e. The van der Waals surface area contributed by atoms with Crippen LogP contribution >= 0.6 is 11.6 Å². The van der Waals surface area contributed by atoms with Crippen LogP contribution in [0.15, 0.2) is 47.3 Å². The Kier molecular flexibility index (Phi) is 4.32. The normalized spacial score (nSPS) is 15.6. The summed E-state index contributed by atoms with van der Waals surface area (Å²) in [5.41, 5.74) is 2.56. The molecule has 0 radical (unpaired) electrons. The predicted molar refractivity (Wildman–Crippen MR) is 100 cm³/mol. The van der Waals surface area contributed by atoms with Crippen LogP contribution in [0.5, 0.6) is 0 Å². The van der Waals surface area contributed by atoms with E-state index < -0.39 is 0 Å². The number of aromatic nitrogens is 2. The van der Waals surface area contributed by atoms with Gasteiger partial charge in [0.2, 0.25) is 0 Å². The third kappa shape index (κ3) is 2.96. The highest BCUT2D eigenvalue weighted by Crippen LogP contribution is 2.31. The first-order chi connectivity index (χ1) is 12.1. The Balaban J connectivity index is 2.02. The van der Waals surface area contributed by atoms with Gasteiger partial charge in [0.15, 0.2) is 0 Å². The third-order valence-electron chi connectivity index (χ3n) is 4.73. The van der Waals surface area contributed by atoms with Crippen molar-refractivity contribution in [3.05, 3.63) is 63.4 Å². The lowest BCUT2D eigenvalue weighted by atomic mass is 10.1. The minimum absolute atomic E-state index is 0.0101. The molecule has 1 fully saturated rings. The van der Waals surface area contributed by atoms with E-state index in [4.69, 9.17) is 21.3 Å².